The van der Waals surface area contributed by atoms with E-state index in [-0.39, 0.29) is 19.1 Å². The number of nitrogens with one attached hydrogen (secondary N) is 1. The molecule has 0 saturated heterocycles. The minimum absolute atomic E-state index is 0.00998. The van der Waals surface area contributed by atoms with E-state index in [2.05, 4.69) is 15.2 Å². The summed E-state index contributed by atoms with van der Waals surface area (Å²) in [5.74, 6) is 1.81. The van der Waals surface area contributed by atoms with E-state index in [9.17, 15) is 9.59 Å². The third-order valence-corrected chi connectivity index (χ3v) is 6.17. The second kappa shape index (κ2) is 15.7. The quantitative estimate of drug-likeness (QED) is 0.223. The summed E-state index contributed by atoms with van der Waals surface area (Å²) in [5, 5.41) is 11.8. The smallest absolute Gasteiger partial charge is 0.407 e. The number of amides is 1. The number of hydrogen-bond acceptors (Lipinski definition) is 8. The zero-order valence-corrected chi connectivity index (χ0v) is 24.6. The first-order valence-electron chi connectivity index (χ1n) is 13.9. The molecular weight excluding hydrogens is 526 g/mol. The Labute approximate surface area is 241 Å². The lowest BCUT2D eigenvalue weighted by atomic mass is 10.0. The average Bonchev–Trinajstić information content (AvgIpc) is 3.29. The van der Waals surface area contributed by atoms with Crippen LogP contribution in [0.3, 0.4) is 0 Å². The number of benzene rings is 2. The number of aliphatic carboxylic acids is 1. The third-order valence-electron chi connectivity index (χ3n) is 6.17. The number of aromatic nitrogens is 1. The molecule has 0 aliphatic carbocycles. The van der Waals surface area contributed by atoms with E-state index < -0.39 is 12.1 Å². The third kappa shape index (κ3) is 10.8. The zero-order valence-electron chi connectivity index (χ0n) is 24.6. The van der Waals surface area contributed by atoms with E-state index in [1.807, 2.05) is 57.4 Å². The van der Waals surface area contributed by atoms with Gasteiger partial charge in [-0.1, -0.05) is 6.07 Å². The van der Waals surface area contributed by atoms with Crippen LogP contribution < -0.4 is 14.8 Å². The van der Waals surface area contributed by atoms with Gasteiger partial charge >= 0.3 is 12.1 Å². The number of carbonyl (C=O) groups excluding carboxylic acids is 1. The summed E-state index contributed by atoms with van der Waals surface area (Å²) in [5.41, 5.74) is 3.27. The molecule has 1 aromatic heterocycles. The van der Waals surface area contributed by atoms with Crippen molar-refractivity contribution in [2.24, 2.45) is 0 Å². The average molecular weight is 568 g/mol. The molecule has 0 bridgehead atoms. The molecule has 2 N–H and O–H groups in total. The maximum atomic E-state index is 12.0. The van der Waals surface area contributed by atoms with Gasteiger partial charge in [-0.2, -0.15) is 0 Å². The molecule has 0 aliphatic heterocycles. The van der Waals surface area contributed by atoms with Crippen LogP contribution in [0.5, 0.6) is 11.5 Å². The van der Waals surface area contributed by atoms with Crippen LogP contribution in [0.2, 0.25) is 0 Å². The molecule has 41 heavy (non-hydrogen) atoms. The number of oxazole rings is 1. The molecule has 0 spiro atoms. The van der Waals surface area contributed by atoms with Crippen molar-refractivity contribution in [3.63, 3.8) is 0 Å². The molecule has 0 aliphatic rings. The monoisotopic (exact) mass is 567 g/mol. The summed E-state index contributed by atoms with van der Waals surface area (Å²) < 4.78 is 22.8. The van der Waals surface area contributed by atoms with Gasteiger partial charge in [0.15, 0.2) is 0 Å². The SMILES string of the molecule is Cc1oc(-c2ccc(OCCCN(C)C)cc2)nc1CCOc1ccc(CCC(=O)O)c(CNC(=O)OC(C)C)c1. The normalized spacial score (nSPS) is 11.1. The van der Waals surface area contributed by atoms with Crippen LogP contribution in [0.25, 0.3) is 11.5 Å². The Morgan fingerprint density at radius 2 is 1.71 bits per heavy atom. The van der Waals surface area contributed by atoms with Crippen molar-refractivity contribution in [2.45, 2.75) is 59.1 Å². The van der Waals surface area contributed by atoms with Crippen LogP contribution in [-0.4, -0.2) is 67.0 Å². The van der Waals surface area contributed by atoms with Crippen LogP contribution in [0, 0.1) is 6.92 Å². The Hall–Kier alpha value is -4.05. The molecule has 10 nitrogen and oxygen atoms in total. The Balaban J connectivity index is 1.58. The lowest BCUT2D eigenvalue weighted by Gasteiger charge is -2.14. The van der Waals surface area contributed by atoms with Crippen molar-refractivity contribution < 1.29 is 33.3 Å². The van der Waals surface area contributed by atoms with Crippen molar-refractivity contribution in [1.29, 1.82) is 0 Å². The molecule has 222 valence electrons. The number of hydrogen-bond donors (Lipinski definition) is 2. The number of carboxylic acid groups (broad SMARTS) is 1. The van der Waals surface area contributed by atoms with Gasteiger partial charge in [-0.05, 0) is 95.2 Å². The zero-order chi connectivity index (χ0) is 29.8. The fourth-order valence-electron chi connectivity index (χ4n) is 4.08. The van der Waals surface area contributed by atoms with E-state index in [0.29, 0.717) is 37.7 Å². The molecule has 1 heterocycles. The van der Waals surface area contributed by atoms with Gasteiger partial charge in [-0.25, -0.2) is 9.78 Å². The minimum atomic E-state index is -0.884. The summed E-state index contributed by atoms with van der Waals surface area (Å²) in [4.78, 5) is 29.8. The molecule has 3 aromatic rings. The molecule has 0 unspecified atom stereocenters. The lowest BCUT2D eigenvalue weighted by Crippen LogP contribution is -2.26. The van der Waals surface area contributed by atoms with Crippen molar-refractivity contribution in [3.8, 4) is 23.0 Å². The fourth-order valence-corrected chi connectivity index (χ4v) is 4.08. The van der Waals surface area contributed by atoms with Gasteiger partial charge in [0.2, 0.25) is 5.89 Å². The second-order valence-electron chi connectivity index (χ2n) is 10.3. The predicted molar refractivity (Wildman–Crippen MR) is 155 cm³/mol. The number of carbonyl (C=O) groups is 2. The minimum Gasteiger partial charge on any atom is -0.494 e. The van der Waals surface area contributed by atoms with Crippen LogP contribution in [0.4, 0.5) is 4.79 Å². The van der Waals surface area contributed by atoms with Gasteiger partial charge in [0.1, 0.15) is 17.3 Å². The molecule has 0 fully saturated rings. The van der Waals surface area contributed by atoms with Crippen molar-refractivity contribution >= 4 is 12.1 Å². The van der Waals surface area contributed by atoms with Gasteiger partial charge in [0.25, 0.3) is 0 Å². The maximum absolute atomic E-state index is 12.0. The fraction of sp³-hybridized carbons (Fsp3) is 0.452. The molecular formula is C31H41N3O7. The Kier molecular flexibility index (Phi) is 12.0. The summed E-state index contributed by atoms with van der Waals surface area (Å²) in [6.07, 6.45) is 1.06. The first-order valence-corrected chi connectivity index (χ1v) is 13.9. The van der Waals surface area contributed by atoms with Crippen molar-refractivity contribution in [2.75, 3.05) is 33.9 Å². The van der Waals surface area contributed by atoms with Crippen LogP contribution >= 0.6 is 0 Å². The highest BCUT2D eigenvalue weighted by atomic mass is 16.6. The van der Waals surface area contributed by atoms with E-state index in [4.69, 9.17) is 23.7 Å². The summed E-state index contributed by atoms with van der Waals surface area (Å²) in [6, 6.07) is 13.2. The number of carboxylic acids is 1. The van der Waals surface area contributed by atoms with E-state index in [1.54, 1.807) is 19.9 Å². The van der Waals surface area contributed by atoms with Crippen LogP contribution in [-0.2, 0) is 28.9 Å². The Bertz CT molecular complexity index is 1270. The molecule has 0 atom stereocenters. The standard InChI is InChI=1S/C31H41N3O7/c1-21(2)40-31(37)32-20-25-19-27(13-7-23(25)10-14-29(35)36)39-18-15-28-22(3)41-30(33-28)24-8-11-26(12-9-24)38-17-6-16-34(4)5/h7-9,11-13,19,21H,6,10,14-18,20H2,1-5H3,(H,32,37)(H,35,36). The second-order valence-corrected chi connectivity index (χ2v) is 10.3. The van der Waals surface area contributed by atoms with Gasteiger partial charge in [0.05, 0.1) is 25.0 Å². The molecule has 0 radical (unpaired) electrons. The van der Waals surface area contributed by atoms with Gasteiger partial charge in [-0.3, -0.25) is 4.79 Å². The molecule has 10 heteroatoms. The Morgan fingerprint density at radius 1 is 1.00 bits per heavy atom. The van der Waals surface area contributed by atoms with Crippen LogP contribution in [0.15, 0.2) is 46.9 Å². The first kappa shape index (κ1) is 31.5. The van der Waals surface area contributed by atoms with Gasteiger partial charge in [0, 0.05) is 31.5 Å². The summed E-state index contributed by atoms with van der Waals surface area (Å²) in [6.45, 7) is 7.62. The van der Waals surface area contributed by atoms with Crippen LogP contribution in [0.1, 0.15) is 49.3 Å². The van der Waals surface area contributed by atoms with Crippen molar-refractivity contribution in [1.82, 2.24) is 15.2 Å². The first-order chi connectivity index (χ1) is 19.6. The van der Waals surface area contributed by atoms with Gasteiger partial charge in [-0.15, -0.1) is 0 Å². The lowest BCUT2D eigenvalue weighted by molar-refractivity contribution is -0.136. The molecule has 1 amide bonds. The number of alkyl carbamates (subject to hydrolysis) is 1. The number of aryl methyl sites for hydroxylation is 2. The molecule has 2 aromatic carbocycles. The highest BCUT2D eigenvalue weighted by Gasteiger charge is 2.14. The number of nitrogens with zero attached hydrogens (tertiary/aromatic N) is 2. The highest BCUT2D eigenvalue weighted by molar-refractivity contribution is 5.68. The highest BCUT2D eigenvalue weighted by Crippen LogP contribution is 2.25. The largest absolute Gasteiger partial charge is 0.494 e. The topological polar surface area (TPSA) is 123 Å². The predicted octanol–water partition coefficient (Wildman–Crippen LogP) is 5.25. The summed E-state index contributed by atoms with van der Waals surface area (Å²) in [7, 11) is 4.09. The maximum Gasteiger partial charge on any atom is 0.407 e. The number of ether oxygens (including phenoxy) is 3. The van der Waals surface area contributed by atoms with Crippen molar-refractivity contribution in [3.05, 3.63) is 65.0 Å². The van der Waals surface area contributed by atoms with Gasteiger partial charge < -0.3 is 34.0 Å². The van der Waals surface area contributed by atoms with E-state index >= 15 is 0 Å². The molecule has 0 saturated carbocycles. The summed E-state index contributed by atoms with van der Waals surface area (Å²) >= 11 is 0. The Morgan fingerprint density at radius 3 is 2.39 bits per heavy atom. The number of rotatable bonds is 16. The van der Waals surface area contributed by atoms with E-state index in [1.165, 1.54) is 0 Å². The van der Waals surface area contributed by atoms with E-state index in [0.717, 1.165) is 46.9 Å². The molecule has 3 rings (SSSR count).